The molecular formula is C13H23N5O. The molecular weight excluding hydrogens is 242 g/mol. The van der Waals surface area contributed by atoms with Crippen LogP contribution in [-0.2, 0) is 4.79 Å². The predicted molar refractivity (Wildman–Crippen MR) is 77.2 cm³/mol. The topological polar surface area (TPSA) is 78.9 Å². The Bertz CT molecular complexity index is 396. The summed E-state index contributed by atoms with van der Waals surface area (Å²) in [5.74, 6) is 1.56. The molecule has 1 amide bonds. The van der Waals surface area contributed by atoms with Gasteiger partial charge in [-0.25, -0.2) is 9.97 Å². The third kappa shape index (κ3) is 6.03. The molecule has 106 valence electrons. The van der Waals surface area contributed by atoms with Crippen molar-refractivity contribution in [1.82, 2.24) is 15.3 Å². The summed E-state index contributed by atoms with van der Waals surface area (Å²) in [7, 11) is 0. The van der Waals surface area contributed by atoms with Gasteiger partial charge in [0.05, 0.1) is 0 Å². The molecule has 0 aliphatic rings. The molecule has 1 unspecified atom stereocenters. The first-order chi connectivity index (χ1) is 9.15. The normalized spacial score (nSPS) is 11.7. The summed E-state index contributed by atoms with van der Waals surface area (Å²) in [5.41, 5.74) is 0. The summed E-state index contributed by atoms with van der Waals surface area (Å²) in [6.45, 7) is 7.43. The van der Waals surface area contributed by atoms with Crippen LogP contribution in [0, 0.1) is 0 Å². The van der Waals surface area contributed by atoms with Crippen LogP contribution >= 0.6 is 0 Å². The highest BCUT2D eigenvalue weighted by Gasteiger charge is 2.05. The molecule has 6 heteroatoms. The molecule has 1 atom stereocenters. The van der Waals surface area contributed by atoms with Gasteiger partial charge in [-0.2, -0.15) is 0 Å². The Kier molecular flexibility index (Phi) is 6.63. The van der Waals surface area contributed by atoms with E-state index in [1.807, 2.05) is 26.8 Å². The Labute approximate surface area is 114 Å². The molecule has 0 saturated carbocycles. The van der Waals surface area contributed by atoms with Crippen LogP contribution in [0.3, 0.4) is 0 Å². The van der Waals surface area contributed by atoms with E-state index in [4.69, 9.17) is 0 Å². The van der Waals surface area contributed by atoms with E-state index in [2.05, 4.69) is 25.9 Å². The van der Waals surface area contributed by atoms with E-state index >= 15 is 0 Å². The number of aromatic nitrogens is 2. The predicted octanol–water partition coefficient (Wildman–Crippen LogP) is 1.63. The van der Waals surface area contributed by atoms with E-state index in [0.29, 0.717) is 13.0 Å². The van der Waals surface area contributed by atoms with Crippen molar-refractivity contribution in [3.63, 3.8) is 0 Å². The Morgan fingerprint density at radius 2 is 1.95 bits per heavy atom. The molecule has 1 aromatic rings. The quantitative estimate of drug-likeness (QED) is 0.665. The fraction of sp³-hybridized carbons (Fsp3) is 0.615. The minimum absolute atomic E-state index is 0.0582. The average molecular weight is 265 g/mol. The van der Waals surface area contributed by atoms with Gasteiger partial charge < -0.3 is 16.0 Å². The largest absolute Gasteiger partial charge is 0.370 e. The zero-order valence-electron chi connectivity index (χ0n) is 11.9. The van der Waals surface area contributed by atoms with E-state index in [0.717, 1.165) is 24.6 Å². The van der Waals surface area contributed by atoms with E-state index < -0.39 is 0 Å². The summed E-state index contributed by atoms with van der Waals surface area (Å²) in [5, 5.41) is 9.15. The Balaban J connectivity index is 2.32. The second kappa shape index (κ2) is 8.29. The van der Waals surface area contributed by atoms with Crippen molar-refractivity contribution >= 4 is 17.5 Å². The number of carbonyl (C=O) groups is 1. The van der Waals surface area contributed by atoms with Crippen molar-refractivity contribution < 1.29 is 4.79 Å². The molecule has 0 spiro atoms. The first-order valence-electron chi connectivity index (χ1n) is 6.74. The van der Waals surface area contributed by atoms with Gasteiger partial charge >= 0.3 is 0 Å². The minimum atomic E-state index is 0.0582. The molecule has 0 aliphatic carbocycles. The third-order valence-corrected chi connectivity index (χ3v) is 2.70. The third-order valence-electron chi connectivity index (χ3n) is 2.70. The lowest BCUT2D eigenvalue weighted by Gasteiger charge is -2.11. The van der Waals surface area contributed by atoms with Gasteiger partial charge in [-0.05, 0) is 20.3 Å². The van der Waals surface area contributed by atoms with Crippen molar-refractivity contribution in [2.75, 3.05) is 23.7 Å². The van der Waals surface area contributed by atoms with Crippen molar-refractivity contribution in [2.45, 2.75) is 39.7 Å². The molecule has 0 radical (unpaired) electrons. The number of nitrogens with zero attached hydrogens (tertiary/aromatic N) is 2. The molecule has 3 N–H and O–H groups in total. The molecule has 19 heavy (non-hydrogen) atoms. The smallest absolute Gasteiger partial charge is 0.221 e. The van der Waals surface area contributed by atoms with Gasteiger partial charge in [0, 0.05) is 31.6 Å². The molecule has 0 saturated heterocycles. The average Bonchev–Trinajstić information content (AvgIpc) is 2.39. The highest BCUT2D eigenvalue weighted by atomic mass is 16.1. The van der Waals surface area contributed by atoms with Gasteiger partial charge in [0.25, 0.3) is 0 Å². The number of hydrogen-bond acceptors (Lipinski definition) is 5. The van der Waals surface area contributed by atoms with Crippen molar-refractivity contribution in [2.24, 2.45) is 0 Å². The van der Waals surface area contributed by atoms with Crippen LogP contribution in [0.15, 0.2) is 12.4 Å². The number of nitrogens with one attached hydrogen (secondary N) is 3. The monoisotopic (exact) mass is 265 g/mol. The molecule has 0 fully saturated rings. The van der Waals surface area contributed by atoms with Crippen molar-refractivity contribution in [1.29, 1.82) is 0 Å². The molecule has 1 aromatic heterocycles. The van der Waals surface area contributed by atoms with Crippen molar-refractivity contribution in [3.05, 3.63) is 12.4 Å². The highest BCUT2D eigenvalue weighted by Crippen LogP contribution is 2.07. The first-order valence-corrected chi connectivity index (χ1v) is 6.74. The van der Waals surface area contributed by atoms with Gasteiger partial charge in [-0.15, -0.1) is 0 Å². The van der Waals surface area contributed by atoms with Crippen LogP contribution in [0.2, 0.25) is 0 Å². The van der Waals surface area contributed by atoms with Gasteiger partial charge in [-0.1, -0.05) is 6.92 Å². The highest BCUT2D eigenvalue weighted by molar-refractivity contribution is 5.76. The van der Waals surface area contributed by atoms with E-state index in [1.165, 1.54) is 6.33 Å². The van der Waals surface area contributed by atoms with E-state index in [-0.39, 0.29) is 11.9 Å². The fourth-order valence-corrected chi connectivity index (χ4v) is 1.48. The summed E-state index contributed by atoms with van der Waals surface area (Å²) < 4.78 is 0. The maximum absolute atomic E-state index is 11.6. The maximum atomic E-state index is 11.6. The zero-order chi connectivity index (χ0) is 14.1. The summed E-state index contributed by atoms with van der Waals surface area (Å²) in [6, 6.07) is 2.06. The van der Waals surface area contributed by atoms with Crippen molar-refractivity contribution in [3.8, 4) is 0 Å². The molecule has 1 rings (SSSR count). The van der Waals surface area contributed by atoms with Gasteiger partial charge in [0.1, 0.15) is 18.0 Å². The SMILES string of the molecule is CCNc1cc(NCCC(=O)NC(C)CC)ncn1. The van der Waals surface area contributed by atoms with Crippen LogP contribution in [0.5, 0.6) is 0 Å². The first kappa shape index (κ1) is 15.2. The number of amides is 1. The number of rotatable bonds is 8. The molecule has 0 bridgehead atoms. The molecule has 6 nitrogen and oxygen atoms in total. The number of hydrogen-bond donors (Lipinski definition) is 3. The van der Waals surface area contributed by atoms with Crippen LogP contribution in [-0.4, -0.2) is 35.0 Å². The Hall–Kier alpha value is -1.85. The fourth-order valence-electron chi connectivity index (χ4n) is 1.48. The molecule has 1 heterocycles. The summed E-state index contributed by atoms with van der Waals surface area (Å²) >= 11 is 0. The second-order valence-corrected chi connectivity index (χ2v) is 4.37. The molecule has 0 aliphatic heterocycles. The lowest BCUT2D eigenvalue weighted by atomic mass is 10.2. The Morgan fingerprint density at radius 1 is 1.26 bits per heavy atom. The lowest BCUT2D eigenvalue weighted by Crippen LogP contribution is -2.33. The van der Waals surface area contributed by atoms with E-state index in [1.54, 1.807) is 0 Å². The number of carbonyl (C=O) groups excluding carboxylic acids is 1. The molecule has 0 aromatic carbocycles. The minimum Gasteiger partial charge on any atom is -0.370 e. The Morgan fingerprint density at radius 3 is 2.58 bits per heavy atom. The maximum Gasteiger partial charge on any atom is 0.221 e. The van der Waals surface area contributed by atoms with Gasteiger partial charge in [0.15, 0.2) is 0 Å². The van der Waals surface area contributed by atoms with Crippen LogP contribution < -0.4 is 16.0 Å². The second-order valence-electron chi connectivity index (χ2n) is 4.37. The van der Waals surface area contributed by atoms with Gasteiger partial charge in [0.2, 0.25) is 5.91 Å². The zero-order valence-corrected chi connectivity index (χ0v) is 11.9. The van der Waals surface area contributed by atoms with E-state index in [9.17, 15) is 4.79 Å². The lowest BCUT2D eigenvalue weighted by molar-refractivity contribution is -0.121. The van der Waals surface area contributed by atoms with Crippen LogP contribution in [0.1, 0.15) is 33.6 Å². The van der Waals surface area contributed by atoms with Gasteiger partial charge in [-0.3, -0.25) is 4.79 Å². The van der Waals surface area contributed by atoms with Crippen LogP contribution in [0.25, 0.3) is 0 Å². The van der Waals surface area contributed by atoms with Crippen LogP contribution in [0.4, 0.5) is 11.6 Å². The standard InChI is InChI=1S/C13H23N5O/c1-4-10(3)18-13(19)6-7-15-12-8-11(14-5-2)16-9-17-12/h8-10H,4-7H2,1-3H3,(H,18,19)(H2,14,15,16,17). The summed E-state index contributed by atoms with van der Waals surface area (Å²) in [6.07, 6.45) is 2.88. The number of anilines is 2. The summed E-state index contributed by atoms with van der Waals surface area (Å²) in [4.78, 5) is 19.8.